The minimum atomic E-state index is -0.621. The largest absolute Gasteiger partial charge is 0.447 e. The Hall–Kier alpha value is -5.26. The van der Waals surface area contributed by atoms with Crippen LogP contribution in [-0.2, 0) is 4.74 Å². The molecule has 3 aromatic heterocycles. The fraction of sp³-hybridized carbons (Fsp3) is 0.172. The number of aryl methyl sites for hydroxylation is 2. The lowest BCUT2D eigenvalue weighted by molar-refractivity contribution is 0.103. The van der Waals surface area contributed by atoms with Crippen molar-refractivity contribution in [2.75, 3.05) is 30.4 Å². The van der Waals surface area contributed by atoms with E-state index in [1.807, 2.05) is 6.92 Å². The van der Waals surface area contributed by atoms with E-state index in [1.165, 1.54) is 40.2 Å². The smallest absolute Gasteiger partial charge is 0.414 e. The van der Waals surface area contributed by atoms with Crippen molar-refractivity contribution in [3.63, 3.8) is 0 Å². The summed E-state index contributed by atoms with van der Waals surface area (Å²) in [5.41, 5.74) is 2.98. The van der Waals surface area contributed by atoms with Crippen molar-refractivity contribution in [1.82, 2.24) is 19.7 Å². The first-order valence-electron chi connectivity index (χ1n) is 12.7. The number of carbonyl (C=O) groups is 2. The number of nitrogens with one attached hydrogen (secondary N) is 2. The Morgan fingerprint density at radius 3 is 2.61 bits per heavy atom. The number of ether oxygens (including phenoxy) is 2. The predicted molar refractivity (Wildman–Crippen MR) is 147 cm³/mol. The number of rotatable bonds is 7. The second kappa shape index (κ2) is 10.0. The number of fused-ring (bicyclic) bond motifs is 1. The van der Waals surface area contributed by atoms with Gasteiger partial charge in [-0.1, -0.05) is 12.1 Å². The lowest BCUT2D eigenvalue weighted by atomic mass is 10.1. The first-order chi connectivity index (χ1) is 19.7. The average Bonchev–Trinajstić information content (AvgIpc) is 3.68. The maximum absolute atomic E-state index is 14.8. The first kappa shape index (κ1) is 26.0. The van der Waals surface area contributed by atoms with E-state index in [-0.39, 0.29) is 47.5 Å². The minimum Gasteiger partial charge on any atom is -0.447 e. The van der Waals surface area contributed by atoms with Gasteiger partial charge in [0, 0.05) is 24.0 Å². The summed E-state index contributed by atoms with van der Waals surface area (Å²) < 4.78 is 41.2. The van der Waals surface area contributed by atoms with E-state index in [9.17, 15) is 18.4 Å². The van der Waals surface area contributed by atoms with Crippen LogP contribution in [0.1, 0.15) is 27.2 Å². The molecule has 1 amide bonds. The molecule has 6 rings (SSSR count). The fourth-order valence-corrected chi connectivity index (χ4v) is 4.82. The molecular weight excluding hydrogens is 534 g/mol. The van der Waals surface area contributed by atoms with E-state index in [0.29, 0.717) is 28.0 Å². The monoisotopic (exact) mass is 558 g/mol. The highest BCUT2D eigenvalue weighted by Crippen LogP contribution is 2.32. The molecule has 2 aromatic carbocycles. The molecule has 0 atom stereocenters. The molecule has 0 bridgehead atoms. The number of H-pyrrole nitrogens is 1. The van der Waals surface area contributed by atoms with Gasteiger partial charge in [0.25, 0.3) is 0 Å². The number of aromatic amines is 1. The minimum absolute atomic E-state index is 0.0742. The molecule has 0 spiro atoms. The zero-order chi connectivity index (χ0) is 28.8. The topological polar surface area (TPSA) is 114 Å². The number of anilines is 2. The standard InChI is InChI=1S/C29H24F2N6O4/c1-15-5-4-6-19(30)27(15)41-25-9-16(2)24(14-33-25)37-28(32-3)18(13-34-37)26(38)22-11-17-10-20(31)23(12-21(17)35-22)36-7-8-40-29(36)39/h4-6,9-14,32,35H,7-8H2,1-3H3. The van der Waals surface area contributed by atoms with Crippen LogP contribution in [0.5, 0.6) is 11.6 Å². The van der Waals surface area contributed by atoms with Crippen molar-refractivity contribution < 1.29 is 27.8 Å². The van der Waals surface area contributed by atoms with Crippen LogP contribution in [0.2, 0.25) is 0 Å². The SMILES string of the molecule is CNc1c(C(=O)c2cc3cc(F)c(N4CCOC4=O)cc3[nH]2)cnn1-c1cnc(Oc2c(C)cccc2F)cc1C. The zero-order valence-electron chi connectivity index (χ0n) is 22.3. The summed E-state index contributed by atoms with van der Waals surface area (Å²) in [5.74, 6) is -0.750. The molecule has 5 aromatic rings. The van der Waals surface area contributed by atoms with Crippen LogP contribution in [0, 0.1) is 25.5 Å². The molecule has 4 heterocycles. The summed E-state index contributed by atoms with van der Waals surface area (Å²) in [7, 11) is 1.66. The maximum atomic E-state index is 14.8. The summed E-state index contributed by atoms with van der Waals surface area (Å²) in [6.45, 7) is 3.98. The Bertz CT molecular complexity index is 1830. The van der Waals surface area contributed by atoms with Crippen molar-refractivity contribution in [1.29, 1.82) is 0 Å². The number of amides is 1. The van der Waals surface area contributed by atoms with Gasteiger partial charge in [-0.3, -0.25) is 9.69 Å². The van der Waals surface area contributed by atoms with Gasteiger partial charge in [0.2, 0.25) is 11.7 Å². The number of halogens is 2. The van der Waals surface area contributed by atoms with E-state index in [4.69, 9.17) is 9.47 Å². The first-order valence-corrected chi connectivity index (χ1v) is 12.7. The van der Waals surface area contributed by atoms with E-state index < -0.39 is 17.7 Å². The van der Waals surface area contributed by atoms with Crippen LogP contribution in [0.15, 0.2) is 54.9 Å². The van der Waals surface area contributed by atoms with Gasteiger partial charge in [-0.25, -0.2) is 23.2 Å². The zero-order valence-corrected chi connectivity index (χ0v) is 22.3. The number of ketones is 1. The molecule has 10 nitrogen and oxygen atoms in total. The molecule has 2 N–H and O–H groups in total. The summed E-state index contributed by atoms with van der Waals surface area (Å²) >= 11 is 0. The Morgan fingerprint density at radius 1 is 1.07 bits per heavy atom. The molecule has 208 valence electrons. The van der Waals surface area contributed by atoms with E-state index in [2.05, 4.69) is 20.4 Å². The average molecular weight is 559 g/mol. The summed E-state index contributed by atoms with van der Waals surface area (Å²) in [4.78, 5) is 34.1. The van der Waals surface area contributed by atoms with Crippen LogP contribution in [0.4, 0.5) is 25.1 Å². The van der Waals surface area contributed by atoms with Gasteiger partial charge in [0.1, 0.15) is 18.2 Å². The molecule has 0 saturated carbocycles. The summed E-state index contributed by atoms with van der Waals surface area (Å²) in [6.07, 6.45) is 2.33. The predicted octanol–water partition coefficient (Wildman–Crippen LogP) is 5.67. The molecule has 12 heteroatoms. The van der Waals surface area contributed by atoms with Crippen LogP contribution >= 0.6 is 0 Å². The quantitative estimate of drug-likeness (QED) is 0.248. The van der Waals surface area contributed by atoms with Crippen molar-refractivity contribution in [2.24, 2.45) is 0 Å². The molecule has 0 unspecified atom stereocenters. The number of hydrogen-bond donors (Lipinski definition) is 2. The number of aromatic nitrogens is 4. The van der Waals surface area contributed by atoms with E-state index in [0.717, 1.165) is 5.56 Å². The Morgan fingerprint density at radius 2 is 1.90 bits per heavy atom. The Labute approximate surface area is 232 Å². The number of cyclic esters (lactones) is 1. The molecule has 1 fully saturated rings. The van der Waals surface area contributed by atoms with E-state index >= 15 is 0 Å². The normalized spacial score (nSPS) is 13.1. The van der Waals surface area contributed by atoms with Gasteiger partial charge in [-0.05, 0) is 49.2 Å². The maximum Gasteiger partial charge on any atom is 0.414 e. The number of hydrogen-bond acceptors (Lipinski definition) is 7. The van der Waals surface area contributed by atoms with Gasteiger partial charge in [-0.2, -0.15) is 5.10 Å². The molecule has 1 saturated heterocycles. The number of benzene rings is 2. The Kier molecular flexibility index (Phi) is 6.37. The third-order valence-corrected chi connectivity index (χ3v) is 6.89. The van der Waals surface area contributed by atoms with Crippen molar-refractivity contribution in [3.05, 3.63) is 88.9 Å². The van der Waals surface area contributed by atoms with E-state index in [1.54, 1.807) is 38.2 Å². The highest BCUT2D eigenvalue weighted by Gasteiger charge is 2.27. The van der Waals surface area contributed by atoms with Crippen LogP contribution < -0.4 is 15.0 Å². The summed E-state index contributed by atoms with van der Waals surface area (Å²) in [6, 6.07) is 10.6. The second-order valence-electron chi connectivity index (χ2n) is 9.53. The van der Waals surface area contributed by atoms with Gasteiger partial charge < -0.3 is 19.8 Å². The highest BCUT2D eigenvalue weighted by molar-refractivity contribution is 6.13. The summed E-state index contributed by atoms with van der Waals surface area (Å²) in [5, 5.41) is 7.91. The number of pyridine rings is 1. The van der Waals surface area contributed by atoms with Crippen molar-refractivity contribution in [2.45, 2.75) is 13.8 Å². The lowest BCUT2D eigenvalue weighted by Gasteiger charge is -2.13. The van der Waals surface area contributed by atoms with Gasteiger partial charge in [0.05, 0.1) is 41.6 Å². The van der Waals surface area contributed by atoms with Gasteiger partial charge >= 0.3 is 6.09 Å². The highest BCUT2D eigenvalue weighted by atomic mass is 19.1. The number of carbonyl (C=O) groups excluding carboxylic acids is 2. The molecular formula is C29H24F2N6O4. The number of nitrogens with zero attached hydrogens (tertiary/aromatic N) is 4. The van der Waals surface area contributed by atoms with Crippen molar-refractivity contribution in [3.8, 4) is 17.3 Å². The molecule has 1 aliphatic rings. The lowest BCUT2D eigenvalue weighted by Crippen LogP contribution is -2.24. The van der Waals surface area contributed by atoms with Crippen molar-refractivity contribution >= 4 is 34.3 Å². The number of para-hydroxylation sites is 1. The molecule has 0 radical (unpaired) electrons. The fourth-order valence-electron chi connectivity index (χ4n) is 4.82. The van der Waals surface area contributed by atoms with Crippen LogP contribution in [-0.4, -0.2) is 51.8 Å². The third-order valence-electron chi connectivity index (χ3n) is 6.89. The second-order valence-corrected chi connectivity index (χ2v) is 9.53. The van der Waals surface area contributed by atoms with Gasteiger partial charge in [-0.15, -0.1) is 0 Å². The van der Waals surface area contributed by atoms with Crippen LogP contribution in [0.3, 0.4) is 0 Å². The van der Waals surface area contributed by atoms with Gasteiger partial charge in [0.15, 0.2) is 11.6 Å². The molecule has 41 heavy (non-hydrogen) atoms. The third kappa shape index (κ3) is 4.52. The Balaban J connectivity index is 1.31. The molecule has 1 aliphatic heterocycles. The van der Waals surface area contributed by atoms with Crippen LogP contribution in [0.25, 0.3) is 16.6 Å². The molecule has 0 aliphatic carbocycles.